The maximum absolute atomic E-state index is 11.5. The molecule has 33 heavy (non-hydrogen) atoms. The quantitative estimate of drug-likeness (QED) is 0.203. The van der Waals surface area contributed by atoms with Gasteiger partial charge in [-0.1, -0.05) is 38.2 Å². The van der Waals surface area contributed by atoms with Gasteiger partial charge < -0.3 is 29.6 Å². The molecule has 0 aliphatic rings. The van der Waals surface area contributed by atoms with Gasteiger partial charge in [0, 0.05) is 26.9 Å². The van der Waals surface area contributed by atoms with Gasteiger partial charge in [-0.2, -0.15) is 0 Å². The number of amides is 2. The average molecular weight is 493 g/mol. The van der Waals surface area contributed by atoms with Crippen LogP contribution in [0.2, 0.25) is 0 Å². The number of aliphatic carboxylic acids is 2. The number of unbranched alkanes of at least 4 members (excludes halogenated alkanes) is 2. The molecule has 0 saturated heterocycles. The van der Waals surface area contributed by atoms with Crippen LogP contribution in [0.5, 0.6) is 0 Å². The van der Waals surface area contributed by atoms with Crippen LogP contribution in [0.15, 0.2) is 24.3 Å². The summed E-state index contributed by atoms with van der Waals surface area (Å²) in [5, 5.41) is 21.1. The van der Waals surface area contributed by atoms with E-state index in [1.807, 2.05) is 12.2 Å². The maximum atomic E-state index is 11.5. The second kappa shape index (κ2) is 22.4. The van der Waals surface area contributed by atoms with Crippen LogP contribution < -0.4 is 10.2 Å². The Kier molecular flexibility index (Phi) is 24.6. The summed E-state index contributed by atoms with van der Waals surface area (Å²) in [5.41, 5.74) is 0. The summed E-state index contributed by atoms with van der Waals surface area (Å²) >= 11 is 0. The second-order valence-electron chi connectivity index (χ2n) is 7.54. The van der Waals surface area contributed by atoms with Gasteiger partial charge in [0.2, 0.25) is 11.8 Å². The first-order valence-corrected chi connectivity index (χ1v) is 11.2. The smallest absolute Gasteiger partial charge is 0.548 e. The van der Waals surface area contributed by atoms with Crippen LogP contribution in [0.1, 0.15) is 79.1 Å². The molecule has 0 radical (unpaired) electrons. The predicted octanol–water partition coefficient (Wildman–Crippen LogP) is 1.06. The Bertz CT molecular complexity index is 582. The number of carbonyl (C=O) groups is 4. The fraction of sp³-hybridized carbons (Fsp3) is 0.667. The molecule has 8 nitrogen and oxygen atoms in total. The van der Waals surface area contributed by atoms with E-state index in [0.29, 0.717) is 12.8 Å². The van der Waals surface area contributed by atoms with E-state index in [-0.39, 0.29) is 49.6 Å². The SMILES string of the molecule is CC/C=C/CCCC(=O)N(C)C(C)C(=O)[O-].CC/C=C/CCCC(=O)N(C)C(C)C(=O)[O-].[Ca+2]. The first-order chi connectivity index (χ1) is 15.0. The molecule has 0 heterocycles. The van der Waals surface area contributed by atoms with Crippen LogP contribution in [-0.4, -0.2) is 97.5 Å². The second-order valence-corrected chi connectivity index (χ2v) is 7.54. The first-order valence-electron chi connectivity index (χ1n) is 11.2. The molecule has 0 aromatic heterocycles. The van der Waals surface area contributed by atoms with Crippen LogP contribution in [0.25, 0.3) is 0 Å². The number of rotatable bonds is 14. The molecule has 2 atom stereocenters. The zero-order valence-electron chi connectivity index (χ0n) is 21.2. The van der Waals surface area contributed by atoms with E-state index in [2.05, 4.69) is 26.0 Å². The Labute approximate surface area is 229 Å². The summed E-state index contributed by atoms with van der Waals surface area (Å²) in [4.78, 5) is 46.6. The summed E-state index contributed by atoms with van der Waals surface area (Å²) in [7, 11) is 2.98. The van der Waals surface area contributed by atoms with Crippen LogP contribution >= 0.6 is 0 Å². The minimum Gasteiger partial charge on any atom is -0.548 e. The van der Waals surface area contributed by atoms with Crippen molar-refractivity contribution in [3.05, 3.63) is 24.3 Å². The third-order valence-corrected chi connectivity index (χ3v) is 4.96. The number of hydrogen-bond acceptors (Lipinski definition) is 6. The zero-order chi connectivity index (χ0) is 25.1. The van der Waals surface area contributed by atoms with Crippen molar-refractivity contribution in [1.82, 2.24) is 9.80 Å². The Morgan fingerprint density at radius 2 is 1.00 bits per heavy atom. The number of nitrogens with zero attached hydrogens (tertiary/aromatic N) is 2. The molecule has 0 rings (SSSR count). The summed E-state index contributed by atoms with van der Waals surface area (Å²) in [6.45, 7) is 7.00. The molecule has 2 amide bonds. The summed E-state index contributed by atoms with van der Waals surface area (Å²) < 4.78 is 0. The number of likely N-dealkylation sites (N-methyl/N-ethyl adjacent to an activating group) is 2. The van der Waals surface area contributed by atoms with Crippen LogP contribution in [0.4, 0.5) is 0 Å². The molecular weight excluding hydrogens is 452 g/mol. The van der Waals surface area contributed by atoms with Gasteiger partial charge in [-0.05, 0) is 52.4 Å². The number of carboxylic acids is 2. The third-order valence-electron chi connectivity index (χ3n) is 4.96. The molecule has 0 N–H and O–H groups in total. The van der Waals surface area contributed by atoms with Gasteiger partial charge >= 0.3 is 37.7 Å². The largest absolute Gasteiger partial charge is 2.00 e. The molecule has 0 aliphatic heterocycles. The van der Waals surface area contributed by atoms with Crippen LogP contribution in [-0.2, 0) is 19.2 Å². The minimum absolute atomic E-state index is 0. The summed E-state index contributed by atoms with van der Waals surface area (Å²) in [6.07, 6.45) is 14.1. The summed E-state index contributed by atoms with van der Waals surface area (Å²) in [5.74, 6) is -2.74. The van der Waals surface area contributed by atoms with E-state index in [9.17, 15) is 29.4 Å². The molecule has 0 spiro atoms. The van der Waals surface area contributed by atoms with Gasteiger partial charge in [-0.25, -0.2) is 0 Å². The van der Waals surface area contributed by atoms with Crippen molar-refractivity contribution in [2.45, 2.75) is 91.1 Å². The van der Waals surface area contributed by atoms with Gasteiger partial charge in [0.1, 0.15) is 0 Å². The molecule has 0 aromatic carbocycles. The topological polar surface area (TPSA) is 121 Å². The van der Waals surface area contributed by atoms with Crippen molar-refractivity contribution >= 4 is 61.5 Å². The molecule has 0 fully saturated rings. The molecule has 0 aromatic rings. The normalized spacial score (nSPS) is 12.3. The molecule has 2 unspecified atom stereocenters. The number of hydrogen-bond donors (Lipinski definition) is 0. The molecule has 0 aliphatic carbocycles. The fourth-order valence-electron chi connectivity index (χ4n) is 2.41. The Morgan fingerprint density at radius 3 is 1.24 bits per heavy atom. The van der Waals surface area contributed by atoms with Gasteiger partial charge in [0.15, 0.2) is 0 Å². The van der Waals surface area contributed by atoms with Crippen molar-refractivity contribution in [2.24, 2.45) is 0 Å². The molecule has 0 bridgehead atoms. The van der Waals surface area contributed by atoms with E-state index < -0.39 is 24.0 Å². The molecule has 9 heteroatoms. The number of allylic oxidation sites excluding steroid dienone is 4. The Hall–Kier alpha value is -1.38. The Morgan fingerprint density at radius 1 is 0.697 bits per heavy atom. The van der Waals surface area contributed by atoms with E-state index >= 15 is 0 Å². The minimum atomic E-state index is -1.22. The monoisotopic (exact) mass is 492 g/mol. The Balaban J connectivity index is -0.000000529. The average Bonchev–Trinajstić information content (AvgIpc) is 2.76. The third kappa shape index (κ3) is 18.7. The standard InChI is InChI=1S/2C12H21NO3.Ca/c2*1-4-5-6-7-8-9-11(14)13(3)10(2)12(15)16;/h2*5-6,10H,4,7-9H2,1-3H3,(H,15,16);/q;;+2/p-2/b2*6-5+;. The van der Waals surface area contributed by atoms with Crippen molar-refractivity contribution < 1.29 is 29.4 Å². The maximum Gasteiger partial charge on any atom is 2.00 e. The van der Waals surface area contributed by atoms with Crippen molar-refractivity contribution in [3.8, 4) is 0 Å². The van der Waals surface area contributed by atoms with Crippen molar-refractivity contribution in [2.75, 3.05) is 14.1 Å². The van der Waals surface area contributed by atoms with Crippen LogP contribution in [0.3, 0.4) is 0 Å². The van der Waals surface area contributed by atoms with E-state index in [0.717, 1.165) is 38.5 Å². The number of carboxylic acid groups (broad SMARTS) is 2. The van der Waals surface area contributed by atoms with E-state index in [1.165, 1.54) is 37.7 Å². The van der Waals surface area contributed by atoms with Crippen molar-refractivity contribution in [3.63, 3.8) is 0 Å². The van der Waals surface area contributed by atoms with Crippen molar-refractivity contribution in [1.29, 1.82) is 0 Å². The van der Waals surface area contributed by atoms with E-state index in [4.69, 9.17) is 0 Å². The van der Waals surface area contributed by atoms with E-state index in [1.54, 1.807) is 0 Å². The van der Waals surface area contributed by atoms with Gasteiger partial charge in [-0.3, -0.25) is 9.59 Å². The first kappa shape index (κ1) is 36.2. The van der Waals surface area contributed by atoms with Gasteiger partial charge in [0.05, 0.1) is 24.0 Å². The van der Waals surface area contributed by atoms with Gasteiger partial charge in [0.25, 0.3) is 0 Å². The fourth-order valence-corrected chi connectivity index (χ4v) is 2.41. The summed E-state index contributed by atoms with van der Waals surface area (Å²) in [6, 6.07) is -1.72. The molecule has 184 valence electrons. The predicted molar refractivity (Wildman–Crippen MR) is 127 cm³/mol. The molecule has 0 saturated carbocycles. The van der Waals surface area contributed by atoms with Gasteiger partial charge in [-0.15, -0.1) is 0 Å². The zero-order valence-corrected chi connectivity index (χ0v) is 23.4. The number of carbonyl (C=O) groups excluding carboxylic acids is 4. The molecular formula is C24H40CaN2O6. The van der Waals surface area contributed by atoms with Crippen LogP contribution in [0, 0.1) is 0 Å².